The number of amides is 2. The molecule has 0 unspecified atom stereocenters. The average molecular weight is 304 g/mol. The summed E-state index contributed by atoms with van der Waals surface area (Å²) in [7, 11) is 0. The van der Waals surface area contributed by atoms with Crippen molar-refractivity contribution in [3.63, 3.8) is 0 Å². The molecule has 1 aliphatic heterocycles. The van der Waals surface area contributed by atoms with Crippen molar-refractivity contribution in [2.45, 2.75) is 45.1 Å². The van der Waals surface area contributed by atoms with Crippen LogP contribution in [0.2, 0.25) is 0 Å². The van der Waals surface area contributed by atoms with Crippen molar-refractivity contribution in [1.29, 1.82) is 0 Å². The highest BCUT2D eigenvalue weighted by molar-refractivity contribution is 6.39. The maximum atomic E-state index is 12.1. The van der Waals surface area contributed by atoms with Gasteiger partial charge < -0.3 is 15.3 Å². The van der Waals surface area contributed by atoms with E-state index in [9.17, 15) is 14.7 Å². The SMILES string of the molecule is CC(C)(C)c1ccc(NC(=O)C(=O)N2CCC(O)CC2)cc1. The lowest BCUT2D eigenvalue weighted by atomic mass is 9.87. The van der Waals surface area contributed by atoms with Crippen LogP contribution in [0.15, 0.2) is 24.3 Å². The van der Waals surface area contributed by atoms with E-state index in [1.165, 1.54) is 10.5 Å². The fourth-order valence-corrected chi connectivity index (χ4v) is 2.45. The van der Waals surface area contributed by atoms with E-state index < -0.39 is 11.8 Å². The molecule has 0 spiro atoms. The van der Waals surface area contributed by atoms with Gasteiger partial charge in [0.25, 0.3) is 0 Å². The first kappa shape index (κ1) is 16.5. The second kappa shape index (κ2) is 6.48. The summed E-state index contributed by atoms with van der Waals surface area (Å²) >= 11 is 0. The normalized spacial score (nSPS) is 16.5. The Morgan fingerprint density at radius 2 is 1.68 bits per heavy atom. The molecular formula is C17H24N2O3. The number of carbonyl (C=O) groups is 2. The third kappa shape index (κ3) is 4.07. The second-order valence-corrected chi connectivity index (χ2v) is 6.80. The van der Waals surface area contributed by atoms with Crippen LogP contribution in [0.3, 0.4) is 0 Å². The van der Waals surface area contributed by atoms with Gasteiger partial charge in [0.05, 0.1) is 6.10 Å². The molecule has 22 heavy (non-hydrogen) atoms. The van der Waals surface area contributed by atoms with E-state index in [4.69, 9.17) is 0 Å². The summed E-state index contributed by atoms with van der Waals surface area (Å²) in [5.41, 5.74) is 1.83. The monoisotopic (exact) mass is 304 g/mol. The van der Waals surface area contributed by atoms with Crippen LogP contribution in [0, 0.1) is 0 Å². The molecule has 0 bridgehead atoms. The third-order valence-electron chi connectivity index (χ3n) is 3.95. The molecule has 2 N–H and O–H groups in total. The fourth-order valence-electron chi connectivity index (χ4n) is 2.45. The van der Waals surface area contributed by atoms with E-state index in [2.05, 4.69) is 26.1 Å². The minimum absolute atomic E-state index is 0.0486. The first-order valence-electron chi connectivity index (χ1n) is 7.66. The molecule has 0 atom stereocenters. The molecule has 0 aliphatic carbocycles. The van der Waals surface area contributed by atoms with Crippen molar-refractivity contribution in [2.75, 3.05) is 18.4 Å². The number of aliphatic hydroxyl groups is 1. The van der Waals surface area contributed by atoms with Crippen molar-refractivity contribution in [2.24, 2.45) is 0 Å². The summed E-state index contributed by atoms with van der Waals surface area (Å²) in [5, 5.41) is 12.1. The molecule has 2 amide bonds. The summed E-state index contributed by atoms with van der Waals surface area (Å²) in [5.74, 6) is -1.16. The number of carbonyl (C=O) groups excluding carboxylic acids is 2. The first-order chi connectivity index (χ1) is 10.3. The maximum Gasteiger partial charge on any atom is 0.313 e. The summed E-state index contributed by atoms with van der Waals surface area (Å²) in [4.78, 5) is 25.6. The molecule has 1 saturated heterocycles. The molecule has 2 rings (SSSR count). The van der Waals surface area contributed by atoms with E-state index in [-0.39, 0.29) is 11.5 Å². The molecule has 0 saturated carbocycles. The number of nitrogens with zero attached hydrogens (tertiary/aromatic N) is 1. The maximum absolute atomic E-state index is 12.1. The van der Waals surface area contributed by atoms with Gasteiger partial charge >= 0.3 is 11.8 Å². The van der Waals surface area contributed by atoms with Gasteiger partial charge in [-0.15, -0.1) is 0 Å². The lowest BCUT2D eigenvalue weighted by molar-refractivity contribution is -0.144. The number of anilines is 1. The van der Waals surface area contributed by atoms with Gasteiger partial charge in [-0.2, -0.15) is 0 Å². The number of benzene rings is 1. The number of hydrogen-bond donors (Lipinski definition) is 2. The zero-order valence-electron chi connectivity index (χ0n) is 13.4. The van der Waals surface area contributed by atoms with Gasteiger partial charge in [0, 0.05) is 18.8 Å². The van der Waals surface area contributed by atoms with Crippen LogP contribution in [0.25, 0.3) is 0 Å². The molecule has 1 aromatic carbocycles. The zero-order valence-corrected chi connectivity index (χ0v) is 13.4. The highest BCUT2D eigenvalue weighted by atomic mass is 16.3. The van der Waals surface area contributed by atoms with E-state index in [0.29, 0.717) is 31.6 Å². The highest BCUT2D eigenvalue weighted by Gasteiger charge is 2.26. The minimum atomic E-state index is -0.625. The minimum Gasteiger partial charge on any atom is -0.393 e. The predicted octanol–water partition coefficient (Wildman–Crippen LogP) is 1.91. The van der Waals surface area contributed by atoms with Crippen LogP contribution in [0.1, 0.15) is 39.2 Å². The standard InChI is InChI=1S/C17H24N2O3/c1-17(2,3)12-4-6-13(7-5-12)18-15(21)16(22)19-10-8-14(20)9-11-19/h4-7,14,20H,8-11H2,1-3H3,(H,18,21). The van der Waals surface area contributed by atoms with Crippen molar-refractivity contribution < 1.29 is 14.7 Å². The van der Waals surface area contributed by atoms with Crippen molar-refractivity contribution >= 4 is 17.5 Å². The molecule has 1 aromatic rings. The van der Waals surface area contributed by atoms with Crippen molar-refractivity contribution in [1.82, 2.24) is 4.90 Å². The Bertz CT molecular complexity index is 538. The van der Waals surface area contributed by atoms with Crippen LogP contribution in [-0.2, 0) is 15.0 Å². The number of hydrogen-bond acceptors (Lipinski definition) is 3. The van der Waals surface area contributed by atoms with Gasteiger partial charge in [-0.25, -0.2) is 0 Å². The number of piperidine rings is 1. The summed E-state index contributed by atoms with van der Waals surface area (Å²) < 4.78 is 0. The first-order valence-corrected chi connectivity index (χ1v) is 7.66. The molecule has 0 radical (unpaired) electrons. The van der Waals surface area contributed by atoms with Crippen molar-refractivity contribution in [3.05, 3.63) is 29.8 Å². The van der Waals surface area contributed by atoms with E-state index in [1.807, 2.05) is 24.3 Å². The molecule has 1 heterocycles. The number of aliphatic hydroxyl groups excluding tert-OH is 1. The lowest BCUT2D eigenvalue weighted by Crippen LogP contribution is -2.45. The largest absolute Gasteiger partial charge is 0.393 e. The quantitative estimate of drug-likeness (QED) is 0.779. The van der Waals surface area contributed by atoms with Crippen LogP contribution in [0.4, 0.5) is 5.69 Å². The van der Waals surface area contributed by atoms with E-state index in [1.54, 1.807) is 0 Å². The Labute approximate surface area is 131 Å². The Morgan fingerprint density at radius 3 is 2.18 bits per heavy atom. The number of nitrogens with one attached hydrogen (secondary N) is 1. The van der Waals surface area contributed by atoms with Crippen LogP contribution >= 0.6 is 0 Å². The van der Waals surface area contributed by atoms with E-state index >= 15 is 0 Å². The highest BCUT2D eigenvalue weighted by Crippen LogP contribution is 2.23. The molecule has 1 aliphatic rings. The Kier molecular flexibility index (Phi) is 4.86. The topological polar surface area (TPSA) is 69.6 Å². The Hall–Kier alpha value is -1.88. The van der Waals surface area contributed by atoms with Gasteiger partial charge in [0.15, 0.2) is 0 Å². The fraction of sp³-hybridized carbons (Fsp3) is 0.529. The Balaban J connectivity index is 1.95. The third-order valence-corrected chi connectivity index (χ3v) is 3.95. The summed E-state index contributed by atoms with van der Waals surface area (Å²) in [6, 6.07) is 7.53. The molecule has 120 valence electrons. The van der Waals surface area contributed by atoms with Gasteiger partial charge in [0.2, 0.25) is 0 Å². The van der Waals surface area contributed by atoms with Gasteiger partial charge in [-0.1, -0.05) is 32.9 Å². The molecular weight excluding hydrogens is 280 g/mol. The molecule has 5 nitrogen and oxygen atoms in total. The van der Waals surface area contributed by atoms with E-state index in [0.717, 1.165) is 0 Å². The number of rotatable bonds is 1. The smallest absolute Gasteiger partial charge is 0.313 e. The number of likely N-dealkylation sites (tertiary alicyclic amines) is 1. The molecule has 1 fully saturated rings. The average Bonchev–Trinajstić information content (AvgIpc) is 2.47. The van der Waals surface area contributed by atoms with Crippen LogP contribution in [-0.4, -0.2) is 41.0 Å². The van der Waals surface area contributed by atoms with Gasteiger partial charge in [-0.05, 0) is 36.0 Å². The summed E-state index contributed by atoms with van der Waals surface area (Å²) in [6.07, 6.45) is 0.690. The Morgan fingerprint density at radius 1 is 1.14 bits per heavy atom. The molecule has 5 heteroatoms. The van der Waals surface area contributed by atoms with Crippen LogP contribution < -0.4 is 5.32 Å². The van der Waals surface area contributed by atoms with Crippen LogP contribution in [0.5, 0.6) is 0 Å². The van der Waals surface area contributed by atoms with Gasteiger partial charge in [-0.3, -0.25) is 9.59 Å². The lowest BCUT2D eigenvalue weighted by Gasteiger charge is -2.28. The zero-order chi connectivity index (χ0) is 16.3. The molecule has 0 aromatic heterocycles. The summed E-state index contributed by atoms with van der Waals surface area (Å²) in [6.45, 7) is 7.21. The second-order valence-electron chi connectivity index (χ2n) is 6.80. The van der Waals surface area contributed by atoms with Gasteiger partial charge in [0.1, 0.15) is 0 Å². The van der Waals surface area contributed by atoms with Crippen molar-refractivity contribution in [3.8, 4) is 0 Å². The predicted molar refractivity (Wildman–Crippen MR) is 85.6 cm³/mol.